The molecule has 0 N–H and O–H groups in total. The molecule has 4 rings (SSSR count). The minimum absolute atomic E-state index is 0.0966. The Morgan fingerprint density at radius 2 is 2.00 bits per heavy atom. The topological polar surface area (TPSA) is 81.4 Å². The van der Waals surface area contributed by atoms with Gasteiger partial charge in [0, 0.05) is 18.3 Å². The Kier molecular flexibility index (Phi) is 6.02. The zero-order chi connectivity index (χ0) is 22.0. The largest absolute Gasteiger partial charge is 0.494 e. The van der Waals surface area contributed by atoms with Crippen LogP contribution in [0.3, 0.4) is 0 Å². The van der Waals surface area contributed by atoms with E-state index in [9.17, 15) is 4.79 Å². The minimum Gasteiger partial charge on any atom is -0.494 e. The third-order valence-corrected chi connectivity index (χ3v) is 5.82. The Hall–Kier alpha value is -3.22. The number of aromatic nitrogens is 3. The second-order valence-electron chi connectivity index (χ2n) is 7.94. The van der Waals surface area contributed by atoms with Gasteiger partial charge in [0.1, 0.15) is 11.6 Å². The molecule has 0 saturated carbocycles. The molecule has 1 atom stereocenters. The van der Waals surface area contributed by atoms with Crippen molar-refractivity contribution in [2.45, 2.75) is 53.0 Å². The highest BCUT2D eigenvalue weighted by atomic mass is 16.5. The van der Waals surface area contributed by atoms with Crippen LogP contribution in [0.5, 0.6) is 5.75 Å². The first-order valence-electron chi connectivity index (χ1n) is 10.8. The van der Waals surface area contributed by atoms with Crippen LogP contribution in [0.15, 0.2) is 35.0 Å². The van der Waals surface area contributed by atoms with E-state index in [1.54, 1.807) is 6.20 Å². The number of nitrogens with zero attached hydrogens (tertiary/aromatic N) is 4. The van der Waals surface area contributed by atoms with E-state index in [1.165, 1.54) is 0 Å². The van der Waals surface area contributed by atoms with Gasteiger partial charge < -0.3 is 14.2 Å². The monoisotopic (exact) mass is 420 g/mol. The van der Waals surface area contributed by atoms with Gasteiger partial charge in [-0.3, -0.25) is 4.79 Å². The third-order valence-electron chi connectivity index (χ3n) is 5.82. The molecule has 7 heteroatoms. The first kappa shape index (κ1) is 21.0. The number of amides is 1. The maximum absolute atomic E-state index is 13.2. The molecule has 0 unspecified atom stereocenters. The molecule has 162 valence electrons. The van der Waals surface area contributed by atoms with E-state index in [2.05, 4.69) is 10.1 Å². The summed E-state index contributed by atoms with van der Waals surface area (Å²) in [6, 6.07) is 7.63. The quantitative estimate of drug-likeness (QED) is 0.589. The van der Waals surface area contributed by atoms with Crippen LogP contribution in [-0.2, 0) is 11.2 Å². The molecule has 1 fully saturated rings. The van der Waals surface area contributed by atoms with Crippen molar-refractivity contribution in [1.82, 2.24) is 20.0 Å². The van der Waals surface area contributed by atoms with Crippen molar-refractivity contribution in [3.05, 3.63) is 58.8 Å². The lowest BCUT2D eigenvalue weighted by molar-refractivity contribution is -0.131. The summed E-state index contributed by atoms with van der Waals surface area (Å²) < 4.78 is 11.1. The van der Waals surface area contributed by atoms with Gasteiger partial charge in [-0.25, -0.2) is 9.97 Å². The van der Waals surface area contributed by atoms with Gasteiger partial charge in [-0.05, 0) is 58.2 Å². The van der Waals surface area contributed by atoms with Crippen LogP contribution in [0.1, 0.15) is 54.1 Å². The van der Waals surface area contributed by atoms with E-state index < -0.39 is 0 Å². The molecule has 0 radical (unpaired) electrons. The summed E-state index contributed by atoms with van der Waals surface area (Å²) >= 11 is 0. The first-order valence-corrected chi connectivity index (χ1v) is 10.8. The predicted octanol–water partition coefficient (Wildman–Crippen LogP) is 4.36. The fourth-order valence-electron chi connectivity index (χ4n) is 4.08. The highest BCUT2D eigenvalue weighted by Gasteiger charge is 2.34. The molecule has 2 aromatic heterocycles. The molecule has 1 aliphatic heterocycles. The van der Waals surface area contributed by atoms with Crippen molar-refractivity contribution in [3.63, 3.8) is 0 Å². The molecule has 1 aromatic carbocycles. The number of hydrogen-bond acceptors (Lipinski definition) is 6. The lowest BCUT2D eigenvalue weighted by Crippen LogP contribution is -2.32. The fourth-order valence-corrected chi connectivity index (χ4v) is 4.08. The maximum Gasteiger partial charge on any atom is 0.227 e. The number of benzene rings is 1. The standard InChI is InChI=1S/C24H28N4O3/c1-5-30-19-10-8-18(9-11-19)13-22(29)28-12-6-7-21(28)23-20(14-25-17(4)26-23)24-15(2)16(3)27-31-24/h8-11,14,21H,5-7,12-13H2,1-4H3/t21-/m1/s1. The zero-order valence-corrected chi connectivity index (χ0v) is 18.5. The summed E-state index contributed by atoms with van der Waals surface area (Å²) in [7, 11) is 0. The summed E-state index contributed by atoms with van der Waals surface area (Å²) in [6.07, 6.45) is 3.95. The second kappa shape index (κ2) is 8.88. The third kappa shape index (κ3) is 4.31. The molecule has 1 saturated heterocycles. The van der Waals surface area contributed by atoms with Gasteiger partial charge in [0.25, 0.3) is 0 Å². The summed E-state index contributed by atoms with van der Waals surface area (Å²) in [5.74, 6) is 2.27. The molecule has 0 spiro atoms. The zero-order valence-electron chi connectivity index (χ0n) is 18.5. The SMILES string of the molecule is CCOc1ccc(CC(=O)N2CCC[C@@H]2c2nc(C)ncc2-c2onc(C)c2C)cc1. The molecule has 1 aliphatic rings. The van der Waals surface area contributed by atoms with E-state index in [0.29, 0.717) is 24.6 Å². The average Bonchev–Trinajstić information content (AvgIpc) is 3.37. The normalized spacial score (nSPS) is 16.0. The van der Waals surface area contributed by atoms with E-state index in [1.807, 2.05) is 56.9 Å². The Morgan fingerprint density at radius 3 is 2.68 bits per heavy atom. The van der Waals surface area contributed by atoms with Crippen LogP contribution in [-0.4, -0.2) is 39.1 Å². The van der Waals surface area contributed by atoms with Gasteiger partial charge in [0.05, 0.1) is 36.0 Å². The molecular formula is C24H28N4O3. The molecule has 0 aliphatic carbocycles. The van der Waals surface area contributed by atoms with Crippen LogP contribution >= 0.6 is 0 Å². The lowest BCUT2D eigenvalue weighted by Gasteiger charge is -2.26. The number of carbonyl (C=O) groups is 1. The van der Waals surface area contributed by atoms with Crippen molar-refractivity contribution in [3.8, 4) is 17.1 Å². The molecule has 7 nitrogen and oxygen atoms in total. The molecule has 3 aromatic rings. The first-order chi connectivity index (χ1) is 15.0. The smallest absolute Gasteiger partial charge is 0.227 e. The van der Waals surface area contributed by atoms with Gasteiger partial charge in [-0.1, -0.05) is 17.3 Å². The molecule has 1 amide bonds. The summed E-state index contributed by atoms with van der Waals surface area (Å²) in [4.78, 5) is 24.3. The molecule has 31 heavy (non-hydrogen) atoms. The summed E-state index contributed by atoms with van der Waals surface area (Å²) in [5, 5.41) is 4.09. The number of ether oxygens (including phenoxy) is 1. The number of rotatable bonds is 6. The number of aryl methyl sites for hydroxylation is 2. The van der Waals surface area contributed by atoms with Gasteiger partial charge >= 0.3 is 0 Å². The van der Waals surface area contributed by atoms with Crippen molar-refractivity contribution < 1.29 is 14.1 Å². The van der Waals surface area contributed by atoms with E-state index >= 15 is 0 Å². The van der Waals surface area contributed by atoms with E-state index in [0.717, 1.165) is 53.2 Å². The molecule has 3 heterocycles. The summed E-state index contributed by atoms with van der Waals surface area (Å²) in [6.45, 7) is 9.06. The van der Waals surface area contributed by atoms with Crippen molar-refractivity contribution in [1.29, 1.82) is 0 Å². The Bertz CT molecular complexity index is 1070. The van der Waals surface area contributed by atoms with Crippen molar-refractivity contribution in [2.75, 3.05) is 13.2 Å². The second-order valence-corrected chi connectivity index (χ2v) is 7.94. The van der Waals surface area contributed by atoms with Crippen molar-refractivity contribution in [2.24, 2.45) is 0 Å². The van der Waals surface area contributed by atoms with Crippen LogP contribution in [0.4, 0.5) is 0 Å². The Balaban J connectivity index is 1.60. The molecule has 0 bridgehead atoms. The highest BCUT2D eigenvalue weighted by Crippen LogP contribution is 2.38. The van der Waals surface area contributed by atoms with E-state index in [-0.39, 0.29) is 11.9 Å². The van der Waals surface area contributed by atoms with Gasteiger partial charge in [-0.15, -0.1) is 0 Å². The van der Waals surface area contributed by atoms with Crippen molar-refractivity contribution >= 4 is 5.91 Å². The Morgan fingerprint density at radius 1 is 1.23 bits per heavy atom. The number of hydrogen-bond donors (Lipinski definition) is 0. The number of carbonyl (C=O) groups excluding carboxylic acids is 1. The van der Waals surface area contributed by atoms with Crippen LogP contribution < -0.4 is 4.74 Å². The Labute approximate surface area is 182 Å². The van der Waals surface area contributed by atoms with E-state index in [4.69, 9.17) is 14.2 Å². The minimum atomic E-state index is -0.100. The predicted molar refractivity (Wildman–Crippen MR) is 117 cm³/mol. The molecular weight excluding hydrogens is 392 g/mol. The lowest BCUT2D eigenvalue weighted by atomic mass is 10.0. The van der Waals surface area contributed by atoms with Crippen LogP contribution in [0.25, 0.3) is 11.3 Å². The average molecular weight is 421 g/mol. The summed E-state index contributed by atoms with van der Waals surface area (Å²) in [5.41, 5.74) is 4.44. The maximum atomic E-state index is 13.2. The highest BCUT2D eigenvalue weighted by molar-refractivity contribution is 5.80. The van der Waals surface area contributed by atoms with Gasteiger partial charge in [-0.2, -0.15) is 0 Å². The van der Waals surface area contributed by atoms with Gasteiger partial charge in [0.2, 0.25) is 5.91 Å². The van der Waals surface area contributed by atoms with Gasteiger partial charge in [0.15, 0.2) is 5.76 Å². The van der Waals surface area contributed by atoms with Crippen LogP contribution in [0.2, 0.25) is 0 Å². The fraction of sp³-hybridized carbons (Fsp3) is 0.417. The van der Waals surface area contributed by atoms with Crippen LogP contribution in [0, 0.1) is 20.8 Å². The number of likely N-dealkylation sites (tertiary alicyclic amines) is 1.